The lowest BCUT2D eigenvalue weighted by atomic mass is 9.93. The highest BCUT2D eigenvalue weighted by molar-refractivity contribution is 9.10. The standard InChI is InChI=1S/C19H20BrNO3/c1-19(2,23)14-5-11(9-21-10-14)4-13-6-12-7-16(20)17(24-3)8-15(12)18(13)22/h5,7-10,13,23H,4,6H2,1-3H3. The Morgan fingerprint density at radius 2 is 2.08 bits per heavy atom. The highest BCUT2D eigenvalue weighted by atomic mass is 79.9. The van der Waals surface area contributed by atoms with Gasteiger partial charge >= 0.3 is 0 Å². The fraction of sp³-hybridized carbons (Fsp3) is 0.368. The predicted molar refractivity (Wildman–Crippen MR) is 95.4 cm³/mol. The lowest BCUT2D eigenvalue weighted by molar-refractivity contribution is 0.0781. The molecular weight excluding hydrogens is 370 g/mol. The molecule has 0 aliphatic heterocycles. The average Bonchev–Trinajstić information content (AvgIpc) is 2.81. The van der Waals surface area contributed by atoms with Crippen molar-refractivity contribution >= 4 is 21.7 Å². The third kappa shape index (κ3) is 3.23. The number of fused-ring (bicyclic) bond motifs is 1. The second-order valence-corrected chi connectivity index (χ2v) is 7.61. The van der Waals surface area contributed by atoms with Crippen LogP contribution in [-0.2, 0) is 18.4 Å². The van der Waals surface area contributed by atoms with Gasteiger partial charge in [-0.25, -0.2) is 0 Å². The van der Waals surface area contributed by atoms with Gasteiger partial charge in [-0.05, 0) is 71.9 Å². The molecule has 1 atom stereocenters. The van der Waals surface area contributed by atoms with Crippen molar-refractivity contribution in [1.29, 1.82) is 0 Å². The maximum Gasteiger partial charge on any atom is 0.167 e. The molecule has 2 aromatic rings. The zero-order valence-electron chi connectivity index (χ0n) is 14.0. The van der Waals surface area contributed by atoms with Crippen LogP contribution < -0.4 is 4.74 Å². The summed E-state index contributed by atoms with van der Waals surface area (Å²) >= 11 is 3.47. The minimum atomic E-state index is -0.941. The van der Waals surface area contributed by atoms with Gasteiger partial charge < -0.3 is 9.84 Å². The minimum Gasteiger partial charge on any atom is -0.496 e. The highest BCUT2D eigenvalue weighted by Gasteiger charge is 2.32. The van der Waals surface area contributed by atoms with Gasteiger partial charge in [0.15, 0.2) is 5.78 Å². The van der Waals surface area contributed by atoms with E-state index >= 15 is 0 Å². The van der Waals surface area contributed by atoms with Crippen LogP contribution >= 0.6 is 15.9 Å². The van der Waals surface area contributed by atoms with Crippen LogP contribution in [-0.4, -0.2) is 23.0 Å². The first-order valence-corrected chi connectivity index (χ1v) is 8.66. The number of benzene rings is 1. The van der Waals surface area contributed by atoms with Gasteiger partial charge in [0.05, 0.1) is 17.2 Å². The largest absolute Gasteiger partial charge is 0.496 e. The molecule has 4 nitrogen and oxygen atoms in total. The molecular formula is C19H20BrNO3. The number of ketones is 1. The van der Waals surface area contributed by atoms with E-state index in [0.29, 0.717) is 18.6 Å². The lowest BCUT2D eigenvalue weighted by Crippen LogP contribution is -2.17. The number of Topliss-reactive ketones (excluding diaryl/α,β-unsaturated/α-hetero) is 1. The number of carbonyl (C=O) groups excluding carboxylic acids is 1. The van der Waals surface area contributed by atoms with E-state index in [4.69, 9.17) is 4.74 Å². The molecule has 0 spiro atoms. The number of hydrogen-bond donors (Lipinski definition) is 1. The molecule has 1 N–H and O–H groups in total. The van der Waals surface area contributed by atoms with Gasteiger partial charge in [-0.3, -0.25) is 9.78 Å². The van der Waals surface area contributed by atoms with Crippen molar-refractivity contribution in [2.75, 3.05) is 7.11 Å². The number of hydrogen-bond acceptors (Lipinski definition) is 4. The summed E-state index contributed by atoms with van der Waals surface area (Å²) in [4.78, 5) is 16.9. The first kappa shape index (κ1) is 17.1. The monoisotopic (exact) mass is 389 g/mol. The molecule has 1 aromatic carbocycles. The number of rotatable bonds is 4. The number of aliphatic hydroxyl groups is 1. The summed E-state index contributed by atoms with van der Waals surface area (Å²) in [5.74, 6) is 0.718. The molecule has 0 bridgehead atoms. The minimum absolute atomic E-state index is 0.0992. The van der Waals surface area contributed by atoms with E-state index in [-0.39, 0.29) is 11.7 Å². The number of methoxy groups -OCH3 is 1. The maximum atomic E-state index is 12.7. The normalized spacial score (nSPS) is 17.0. The van der Waals surface area contributed by atoms with Gasteiger partial charge in [0, 0.05) is 29.4 Å². The summed E-state index contributed by atoms with van der Waals surface area (Å²) < 4.78 is 6.15. The van der Waals surface area contributed by atoms with Crippen molar-refractivity contribution in [2.45, 2.75) is 32.3 Å². The molecule has 126 valence electrons. The predicted octanol–water partition coefficient (Wildman–Crippen LogP) is 3.68. The summed E-state index contributed by atoms with van der Waals surface area (Å²) in [7, 11) is 1.59. The molecule has 0 fully saturated rings. The highest BCUT2D eigenvalue weighted by Crippen LogP contribution is 2.36. The van der Waals surface area contributed by atoms with Gasteiger partial charge in [0.25, 0.3) is 0 Å². The molecule has 24 heavy (non-hydrogen) atoms. The molecule has 1 aliphatic carbocycles. The summed E-state index contributed by atoms with van der Waals surface area (Å²) in [6, 6.07) is 5.71. The zero-order valence-corrected chi connectivity index (χ0v) is 15.6. The van der Waals surface area contributed by atoms with Crippen LogP contribution in [0.3, 0.4) is 0 Å². The Balaban J connectivity index is 1.84. The van der Waals surface area contributed by atoms with Crippen molar-refractivity contribution < 1.29 is 14.6 Å². The molecule has 5 heteroatoms. The van der Waals surface area contributed by atoms with E-state index in [2.05, 4.69) is 20.9 Å². The molecule has 0 amide bonds. The third-order valence-corrected chi connectivity index (χ3v) is 5.08. The number of halogens is 1. The molecule has 1 aliphatic rings. The molecule has 0 saturated heterocycles. The lowest BCUT2D eigenvalue weighted by Gasteiger charge is -2.18. The van der Waals surface area contributed by atoms with Crippen LogP contribution in [0.25, 0.3) is 0 Å². The quantitative estimate of drug-likeness (QED) is 0.866. The number of ether oxygens (including phenoxy) is 1. The van der Waals surface area contributed by atoms with Gasteiger partial charge in [-0.15, -0.1) is 0 Å². The molecule has 0 saturated carbocycles. The van der Waals surface area contributed by atoms with Crippen molar-refractivity contribution in [3.8, 4) is 5.75 Å². The van der Waals surface area contributed by atoms with Crippen LogP contribution in [0, 0.1) is 5.92 Å². The Morgan fingerprint density at radius 1 is 1.33 bits per heavy atom. The SMILES string of the molecule is COc1cc2c(cc1Br)CC(Cc1cncc(C(C)(C)O)c1)C2=O. The fourth-order valence-corrected chi connectivity index (χ4v) is 3.66. The summed E-state index contributed by atoms with van der Waals surface area (Å²) in [6.45, 7) is 3.46. The first-order valence-electron chi connectivity index (χ1n) is 7.87. The van der Waals surface area contributed by atoms with E-state index in [9.17, 15) is 9.90 Å². The van der Waals surface area contributed by atoms with Gasteiger partial charge in [-0.1, -0.05) is 0 Å². The zero-order chi connectivity index (χ0) is 17.5. The molecule has 1 aromatic heterocycles. The maximum absolute atomic E-state index is 12.7. The second-order valence-electron chi connectivity index (χ2n) is 6.75. The van der Waals surface area contributed by atoms with Crippen LogP contribution in [0.4, 0.5) is 0 Å². The second kappa shape index (κ2) is 6.30. The van der Waals surface area contributed by atoms with Crippen molar-refractivity contribution in [3.63, 3.8) is 0 Å². The van der Waals surface area contributed by atoms with Crippen LogP contribution in [0.2, 0.25) is 0 Å². The molecule has 1 heterocycles. The Bertz CT molecular complexity index is 796. The van der Waals surface area contributed by atoms with Crippen molar-refractivity contribution in [3.05, 3.63) is 57.3 Å². The Labute approximate surface area is 150 Å². The fourth-order valence-electron chi connectivity index (χ4n) is 3.11. The van der Waals surface area contributed by atoms with E-state index < -0.39 is 5.60 Å². The molecule has 3 rings (SSSR count). The van der Waals surface area contributed by atoms with Crippen molar-refractivity contribution in [2.24, 2.45) is 5.92 Å². The molecule has 0 radical (unpaired) electrons. The van der Waals surface area contributed by atoms with Gasteiger partial charge in [0.1, 0.15) is 5.75 Å². The van der Waals surface area contributed by atoms with E-state index in [1.54, 1.807) is 33.4 Å². The van der Waals surface area contributed by atoms with Crippen LogP contribution in [0.15, 0.2) is 35.1 Å². The van der Waals surface area contributed by atoms with Crippen LogP contribution in [0.5, 0.6) is 5.75 Å². The Kier molecular flexibility index (Phi) is 4.49. The van der Waals surface area contributed by atoms with Gasteiger partial charge in [0.2, 0.25) is 0 Å². The summed E-state index contributed by atoms with van der Waals surface area (Å²) in [5.41, 5.74) is 2.57. The number of pyridine rings is 1. The number of nitrogens with zero attached hydrogens (tertiary/aromatic N) is 1. The Morgan fingerprint density at radius 3 is 2.75 bits per heavy atom. The summed E-state index contributed by atoms with van der Waals surface area (Å²) in [6.07, 6.45) is 4.76. The first-order chi connectivity index (χ1) is 11.3. The topological polar surface area (TPSA) is 59.4 Å². The van der Waals surface area contributed by atoms with E-state index in [1.165, 1.54) is 0 Å². The Hall–Kier alpha value is -1.72. The number of carbonyl (C=O) groups is 1. The average molecular weight is 390 g/mol. The van der Waals surface area contributed by atoms with Crippen LogP contribution in [0.1, 0.15) is 40.9 Å². The number of aromatic nitrogens is 1. The van der Waals surface area contributed by atoms with E-state index in [1.807, 2.05) is 18.2 Å². The van der Waals surface area contributed by atoms with Crippen molar-refractivity contribution in [1.82, 2.24) is 4.98 Å². The molecule has 1 unspecified atom stereocenters. The van der Waals surface area contributed by atoms with E-state index in [0.717, 1.165) is 26.7 Å². The third-order valence-electron chi connectivity index (χ3n) is 4.46. The smallest absolute Gasteiger partial charge is 0.167 e. The van der Waals surface area contributed by atoms with Gasteiger partial charge in [-0.2, -0.15) is 0 Å². The summed E-state index contributed by atoms with van der Waals surface area (Å²) in [5, 5.41) is 10.1.